The van der Waals surface area contributed by atoms with Gasteiger partial charge in [0.25, 0.3) is 5.69 Å². The fourth-order valence-electron chi connectivity index (χ4n) is 1.22. The Morgan fingerprint density at radius 2 is 1.94 bits per heavy atom. The molecule has 0 aliphatic rings. The number of nitrogens with one attached hydrogen (secondary N) is 1. The van der Waals surface area contributed by atoms with E-state index in [1.54, 1.807) is 0 Å². The molecule has 1 aromatic rings. The number of sulfonamides is 1. The van der Waals surface area contributed by atoms with Gasteiger partial charge in [0.15, 0.2) is 0 Å². The van der Waals surface area contributed by atoms with Crippen LogP contribution in [0.3, 0.4) is 0 Å². The number of benzene rings is 1. The van der Waals surface area contributed by atoms with E-state index in [2.05, 4.69) is 4.72 Å². The molecular formula is C10H11N3O4S. The van der Waals surface area contributed by atoms with Gasteiger partial charge < -0.3 is 0 Å². The van der Waals surface area contributed by atoms with Gasteiger partial charge in [-0.1, -0.05) is 0 Å². The van der Waals surface area contributed by atoms with Crippen molar-refractivity contribution in [1.82, 2.24) is 0 Å². The van der Waals surface area contributed by atoms with E-state index in [9.17, 15) is 18.5 Å². The maximum absolute atomic E-state index is 11.5. The largest absolute Gasteiger partial charge is 0.284 e. The van der Waals surface area contributed by atoms with Crippen molar-refractivity contribution in [3.05, 3.63) is 34.4 Å². The van der Waals surface area contributed by atoms with E-state index >= 15 is 0 Å². The summed E-state index contributed by atoms with van der Waals surface area (Å²) in [6, 6.07) is 6.93. The first-order valence-corrected chi connectivity index (χ1v) is 6.72. The molecule has 0 aromatic heterocycles. The number of non-ortho nitro benzene ring substituents is 1. The van der Waals surface area contributed by atoms with Crippen LogP contribution in [0.4, 0.5) is 11.4 Å². The Labute approximate surface area is 104 Å². The fraction of sp³-hybridized carbons (Fsp3) is 0.300. The van der Waals surface area contributed by atoms with Crippen molar-refractivity contribution in [3.63, 3.8) is 0 Å². The summed E-state index contributed by atoms with van der Waals surface area (Å²) in [5.74, 6) is -0.155. The Bertz CT molecular complexity index is 560. The molecule has 0 unspecified atom stereocenters. The van der Waals surface area contributed by atoms with Crippen LogP contribution >= 0.6 is 0 Å². The van der Waals surface area contributed by atoms with Gasteiger partial charge in [-0.25, -0.2) is 8.42 Å². The number of hydrogen-bond donors (Lipinski definition) is 1. The van der Waals surface area contributed by atoms with Crippen molar-refractivity contribution in [3.8, 4) is 6.07 Å². The Balaban J connectivity index is 2.67. The summed E-state index contributed by atoms with van der Waals surface area (Å²) >= 11 is 0. The van der Waals surface area contributed by atoms with Crippen LogP contribution in [0.1, 0.15) is 12.8 Å². The minimum absolute atomic E-state index is 0.109. The predicted octanol–water partition coefficient (Wildman–Crippen LogP) is 1.64. The van der Waals surface area contributed by atoms with Gasteiger partial charge in [0.2, 0.25) is 10.0 Å². The standard InChI is InChI=1S/C10H11N3O4S/c11-7-1-2-8-18(16,17)12-9-3-5-10(6-4-9)13(14)15/h3-6,12H,1-2,8H2. The van der Waals surface area contributed by atoms with Crippen molar-refractivity contribution < 1.29 is 13.3 Å². The lowest BCUT2D eigenvalue weighted by atomic mass is 10.3. The molecule has 7 nitrogen and oxygen atoms in total. The Morgan fingerprint density at radius 1 is 1.33 bits per heavy atom. The first-order valence-electron chi connectivity index (χ1n) is 5.06. The predicted molar refractivity (Wildman–Crippen MR) is 65.4 cm³/mol. The van der Waals surface area contributed by atoms with Crippen molar-refractivity contribution in [2.45, 2.75) is 12.8 Å². The summed E-state index contributed by atoms with van der Waals surface area (Å²) in [4.78, 5) is 9.84. The molecule has 0 radical (unpaired) electrons. The maximum atomic E-state index is 11.5. The van der Waals surface area contributed by atoms with Gasteiger partial charge in [-0.3, -0.25) is 14.8 Å². The maximum Gasteiger partial charge on any atom is 0.269 e. The number of anilines is 1. The monoisotopic (exact) mass is 269 g/mol. The van der Waals surface area contributed by atoms with Crippen LogP contribution in [0.15, 0.2) is 24.3 Å². The highest BCUT2D eigenvalue weighted by molar-refractivity contribution is 7.92. The lowest BCUT2D eigenvalue weighted by molar-refractivity contribution is -0.384. The van der Waals surface area contributed by atoms with E-state index in [-0.39, 0.29) is 30.0 Å². The second kappa shape index (κ2) is 5.97. The van der Waals surface area contributed by atoms with Gasteiger partial charge in [-0.2, -0.15) is 5.26 Å². The van der Waals surface area contributed by atoms with Gasteiger partial charge in [-0.15, -0.1) is 0 Å². The average Bonchev–Trinajstić information content (AvgIpc) is 2.29. The van der Waals surface area contributed by atoms with Gasteiger partial charge in [0.1, 0.15) is 0 Å². The minimum atomic E-state index is -3.51. The van der Waals surface area contributed by atoms with Crippen LogP contribution in [0, 0.1) is 21.4 Å². The highest BCUT2D eigenvalue weighted by Gasteiger charge is 2.11. The molecule has 1 N–H and O–H groups in total. The number of nitrogens with zero attached hydrogens (tertiary/aromatic N) is 2. The van der Waals surface area contributed by atoms with Gasteiger partial charge >= 0.3 is 0 Å². The molecule has 0 saturated carbocycles. The minimum Gasteiger partial charge on any atom is -0.284 e. The molecule has 1 rings (SSSR count). The molecule has 0 atom stereocenters. The molecule has 0 bridgehead atoms. The zero-order valence-electron chi connectivity index (χ0n) is 9.37. The Kier molecular flexibility index (Phi) is 4.62. The summed E-state index contributed by atoms with van der Waals surface area (Å²) in [6.45, 7) is 0. The molecule has 0 fully saturated rings. The highest BCUT2D eigenvalue weighted by Crippen LogP contribution is 2.16. The zero-order chi connectivity index (χ0) is 13.6. The van der Waals surface area contributed by atoms with Crippen molar-refractivity contribution in [2.75, 3.05) is 10.5 Å². The van der Waals surface area contributed by atoms with E-state index in [4.69, 9.17) is 5.26 Å². The number of nitriles is 1. The van der Waals surface area contributed by atoms with E-state index in [1.807, 2.05) is 6.07 Å². The van der Waals surface area contributed by atoms with Crippen molar-refractivity contribution in [2.24, 2.45) is 0 Å². The quantitative estimate of drug-likeness (QED) is 0.479. The fourth-order valence-corrected chi connectivity index (χ4v) is 2.34. The molecule has 1 aromatic carbocycles. The number of hydrogen-bond acceptors (Lipinski definition) is 5. The van der Waals surface area contributed by atoms with Gasteiger partial charge in [-0.05, 0) is 18.6 Å². The third-order valence-electron chi connectivity index (χ3n) is 2.05. The van der Waals surface area contributed by atoms with E-state index in [1.165, 1.54) is 24.3 Å². The molecule has 96 valence electrons. The second-order valence-corrected chi connectivity index (χ2v) is 5.33. The molecule has 0 aliphatic heterocycles. The van der Waals surface area contributed by atoms with E-state index < -0.39 is 14.9 Å². The zero-order valence-corrected chi connectivity index (χ0v) is 10.2. The van der Waals surface area contributed by atoms with Crippen LogP contribution in [0.2, 0.25) is 0 Å². The lowest BCUT2D eigenvalue weighted by Gasteiger charge is -2.06. The summed E-state index contributed by atoms with van der Waals surface area (Å²) < 4.78 is 25.4. The molecule has 8 heteroatoms. The Hall–Kier alpha value is -2.14. The summed E-state index contributed by atoms with van der Waals surface area (Å²) in [5.41, 5.74) is 0.153. The third kappa shape index (κ3) is 4.39. The Morgan fingerprint density at radius 3 is 2.44 bits per heavy atom. The molecule has 0 heterocycles. The van der Waals surface area contributed by atoms with Crippen LogP contribution < -0.4 is 4.72 Å². The van der Waals surface area contributed by atoms with E-state index in [0.717, 1.165) is 0 Å². The first-order chi connectivity index (χ1) is 8.44. The normalized spacial score (nSPS) is 10.6. The van der Waals surface area contributed by atoms with Gasteiger partial charge in [0.05, 0.1) is 16.7 Å². The molecule has 0 saturated heterocycles. The lowest BCUT2D eigenvalue weighted by Crippen LogP contribution is -2.16. The third-order valence-corrected chi connectivity index (χ3v) is 3.43. The van der Waals surface area contributed by atoms with Crippen molar-refractivity contribution in [1.29, 1.82) is 5.26 Å². The number of rotatable bonds is 6. The van der Waals surface area contributed by atoms with E-state index in [0.29, 0.717) is 0 Å². The first kappa shape index (κ1) is 13.9. The number of nitro groups is 1. The van der Waals surface area contributed by atoms with Crippen LogP contribution in [0.5, 0.6) is 0 Å². The SMILES string of the molecule is N#CCCCS(=O)(=O)Nc1ccc([N+](=O)[O-])cc1. The van der Waals surface area contributed by atoms with Gasteiger partial charge in [0, 0.05) is 24.2 Å². The topological polar surface area (TPSA) is 113 Å². The smallest absolute Gasteiger partial charge is 0.269 e. The molecule has 0 aliphatic carbocycles. The average molecular weight is 269 g/mol. The summed E-state index contributed by atoms with van der Waals surface area (Å²) in [7, 11) is -3.51. The molecule has 0 spiro atoms. The molecule has 18 heavy (non-hydrogen) atoms. The van der Waals surface area contributed by atoms with Crippen LogP contribution in [0.25, 0.3) is 0 Å². The summed E-state index contributed by atoms with van der Waals surface area (Å²) in [5, 5.41) is 18.7. The summed E-state index contributed by atoms with van der Waals surface area (Å²) in [6.07, 6.45) is 0.417. The number of unbranched alkanes of at least 4 members (excludes halogenated alkanes) is 1. The van der Waals surface area contributed by atoms with Crippen molar-refractivity contribution >= 4 is 21.4 Å². The number of nitro benzene ring substituents is 1. The van der Waals surface area contributed by atoms with Crippen LogP contribution in [-0.2, 0) is 10.0 Å². The second-order valence-electron chi connectivity index (χ2n) is 3.49. The molecular weight excluding hydrogens is 258 g/mol. The highest BCUT2D eigenvalue weighted by atomic mass is 32.2. The molecule has 0 amide bonds. The van der Waals surface area contributed by atoms with Crippen LogP contribution in [-0.4, -0.2) is 19.1 Å².